The van der Waals surface area contributed by atoms with Gasteiger partial charge in [-0.1, -0.05) is 17.4 Å². The number of thiazole rings is 1. The van der Waals surface area contributed by atoms with E-state index >= 15 is 0 Å². The second kappa shape index (κ2) is 7.53. The van der Waals surface area contributed by atoms with Crippen LogP contribution in [0.3, 0.4) is 0 Å². The van der Waals surface area contributed by atoms with Crippen molar-refractivity contribution in [3.8, 4) is 11.3 Å². The molecule has 1 aliphatic carbocycles. The van der Waals surface area contributed by atoms with Crippen LogP contribution in [0.25, 0.3) is 11.3 Å². The van der Waals surface area contributed by atoms with Crippen LogP contribution in [0.2, 0.25) is 0 Å². The fourth-order valence-corrected chi connectivity index (χ4v) is 5.59. The van der Waals surface area contributed by atoms with Gasteiger partial charge in [0.15, 0.2) is 9.34 Å². The summed E-state index contributed by atoms with van der Waals surface area (Å²) in [5.74, 6) is -0.964. The maximum atomic E-state index is 14.6. The van der Waals surface area contributed by atoms with Gasteiger partial charge >= 0.3 is 0 Å². The van der Waals surface area contributed by atoms with Gasteiger partial charge in [-0.05, 0) is 55.2 Å². The molecule has 30 heavy (non-hydrogen) atoms. The first kappa shape index (κ1) is 20.6. The Bertz CT molecular complexity index is 1240. The SMILES string of the molecule is Cc1nc(N(C)C(=O)[C@H]2Cc3cc(F)c(-c4ccccn4)cc3C2)sc1S(N)(=O)=O. The summed E-state index contributed by atoms with van der Waals surface area (Å²) >= 11 is 0.860. The molecule has 1 aliphatic rings. The van der Waals surface area contributed by atoms with Crippen molar-refractivity contribution >= 4 is 32.4 Å². The average Bonchev–Trinajstić information content (AvgIpc) is 3.29. The van der Waals surface area contributed by atoms with Crippen LogP contribution < -0.4 is 10.0 Å². The molecule has 7 nitrogen and oxygen atoms in total. The van der Waals surface area contributed by atoms with E-state index in [9.17, 15) is 17.6 Å². The minimum absolute atomic E-state index is 0.0612. The van der Waals surface area contributed by atoms with Crippen molar-refractivity contribution in [3.63, 3.8) is 0 Å². The van der Waals surface area contributed by atoms with Crippen LogP contribution in [-0.4, -0.2) is 31.3 Å². The van der Waals surface area contributed by atoms with E-state index in [1.807, 2.05) is 0 Å². The van der Waals surface area contributed by atoms with E-state index in [-0.39, 0.29) is 32.7 Å². The predicted octanol–water partition coefficient (Wildman–Crippen LogP) is 2.68. The lowest BCUT2D eigenvalue weighted by atomic mass is 10.0. The lowest BCUT2D eigenvalue weighted by molar-refractivity contribution is -0.121. The molecule has 1 aromatic carbocycles. The quantitative estimate of drug-likeness (QED) is 0.663. The molecule has 0 saturated heterocycles. The highest BCUT2D eigenvalue weighted by Crippen LogP contribution is 2.35. The van der Waals surface area contributed by atoms with E-state index < -0.39 is 10.0 Å². The number of hydrogen-bond donors (Lipinski definition) is 1. The van der Waals surface area contributed by atoms with Crippen LogP contribution in [0.1, 0.15) is 16.8 Å². The van der Waals surface area contributed by atoms with Gasteiger partial charge in [0, 0.05) is 24.7 Å². The summed E-state index contributed by atoms with van der Waals surface area (Å²) in [6, 6.07) is 8.53. The number of aryl methyl sites for hydroxylation is 1. The third-order valence-corrected chi connectivity index (χ3v) is 7.92. The zero-order valence-corrected chi connectivity index (χ0v) is 17.9. The number of carbonyl (C=O) groups excluding carboxylic acids is 1. The highest BCUT2D eigenvalue weighted by molar-refractivity contribution is 7.91. The number of rotatable bonds is 4. The Morgan fingerprint density at radius 1 is 1.27 bits per heavy atom. The van der Waals surface area contributed by atoms with Crippen molar-refractivity contribution in [2.24, 2.45) is 11.1 Å². The molecule has 0 spiro atoms. The molecular formula is C20H19FN4O3S2. The minimum Gasteiger partial charge on any atom is -0.291 e. The number of carbonyl (C=O) groups is 1. The van der Waals surface area contributed by atoms with Crippen molar-refractivity contribution < 1.29 is 17.6 Å². The van der Waals surface area contributed by atoms with E-state index in [0.717, 1.165) is 22.5 Å². The first-order valence-electron chi connectivity index (χ1n) is 9.15. The number of pyridine rings is 1. The molecule has 0 unspecified atom stereocenters. The highest BCUT2D eigenvalue weighted by Gasteiger charge is 2.32. The molecule has 1 amide bonds. The number of nitrogens with two attached hydrogens (primary N) is 1. The molecule has 2 N–H and O–H groups in total. The van der Waals surface area contributed by atoms with Crippen molar-refractivity contribution in [2.75, 3.05) is 11.9 Å². The average molecular weight is 447 g/mol. The summed E-state index contributed by atoms with van der Waals surface area (Å²) in [6.07, 6.45) is 2.48. The second-order valence-electron chi connectivity index (χ2n) is 7.23. The molecule has 2 heterocycles. The fourth-order valence-electron chi connectivity index (χ4n) is 3.68. The van der Waals surface area contributed by atoms with E-state index in [4.69, 9.17) is 5.14 Å². The molecule has 0 fully saturated rings. The Balaban J connectivity index is 1.58. The van der Waals surface area contributed by atoms with Gasteiger partial charge in [-0.15, -0.1) is 0 Å². The van der Waals surface area contributed by atoms with Crippen LogP contribution in [0, 0.1) is 18.7 Å². The minimum atomic E-state index is -3.90. The molecule has 0 aliphatic heterocycles. The summed E-state index contributed by atoms with van der Waals surface area (Å²) in [4.78, 5) is 22.8. The first-order valence-corrected chi connectivity index (χ1v) is 11.5. The standard InChI is InChI=1S/C20H19FN4O3S2/c1-11-19(30(22,27)28)29-20(24-11)25(2)18(26)14-7-12-9-15(16(21)10-13(12)8-14)17-5-3-4-6-23-17/h3-6,9-10,14H,7-8H2,1-2H3,(H2,22,27,28)/t14-/m1/s1. The Kier molecular flexibility index (Phi) is 5.16. The van der Waals surface area contributed by atoms with E-state index in [0.29, 0.717) is 24.1 Å². The number of nitrogens with zero attached hydrogens (tertiary/aromatic N) is 3. The molecule has 3 aromatic rings. The summed E-state index contributed by atoms with van der Waals surface area (Å²) in [5.41, 5.74) is 2.90. The Morgan fingerprint density at radius 3 is 2.57 bits per heavy atom. The number of benzene rings is 1. The van der Waals surface area contributed by atoms with Crippen molar-refractivity contribution in [2.45, 2.75) is 24.0 Å². The van der Waals surface area contributed by atoms with Crippen molar-refractivity contribution in [1.82, 2.24) is 9.97 Å². The number of halogens is 1. The molecule has 10 heteroatoms. The normalized spacial score (nSPS) is 15.8. The Morgan fingerprint density at radius 2 is 1.97 bits per heavy atom. The molecular weight excluding hydrogens is 427 g/mol. The number of fused-ring (bicyclic) bond motifs is 1. The molecule has 156 valence electrons. The third-order valence-electron chi connectivity index (χ3n) is 5.13. The summed E-state index contributed by atoms with van der Waals surface area (Å²) < 4.78 is 37.9. The van der Waals surface area contributed by atoms with Gasteiger partial charge < -0.3 is 0 Å². The predicted molar refractivity (Wildman–Crippen MR) is 112 cm³/mol. The molecule has 0 bridgehead atoms. The molecule has 0 radical (unpaired) electrons. The van der Waals surface area contributed by atoms with Gasteiger partial charge in [-0.2, -0.15) is 0 Å². The first-order chi connectivity index (χ1) is 14.1. The molecule has 4 rings (SSSR count). The van der Waals surface area contributed by atoms with Gasteiger partial charge in [-0.3, -0.25) is 14.7 Å². The van der Waals surface area contributed by atoms with Gasteiger partial charge in [0.05, 0.1) is 11.4 Å². The van der Waals surface area contributed by atoms with Gasteiger partial charge in [0.2, 0.25) is 15.9 Å². The Hall–Kier alpha value is -2.69. The maximum Gasteiger partial charge on any atom is 0.249 e. The summed E-state index contributed by atoms with van der Waals surface area (Å²) in [6.45, 7) is 1.53. The van der Waals surface area contributed by atoms with Gasteiger partial charge in [-0.25, -0.2) is 22.9 Å². The number of amides is 1. The monoisotopic (exact) mass is 446 g/mol. The summed E-state index contributed by atoms with van der Waals surface area (Å²) in [7, 11) is -2.35. The van der Waals surface area contributed by atoms with Gasteiger partial charge in [0.25, 0.3) is 0 Å². The zero-order valence-electron chi connectivity index (χ0n) is 16.3. The van der Waals surface area contributed by atoms with Crippen LogP contribution in [0.4, 0.5) is 9.52 Å². The van der Waals surface area contributed by atoms with Crippen LogP contribution in [0.15, 0.2) is 40.7 Å². The molecule has 0 saturated carbocycles. The zero-order chi connectivity index (χ0) is 21.6. The molecule has 1 atom stereocenters. The second-order valence-corrected chi connectivity index (χ2v) is 9.97. The number of anilines is 1. The fraction of sp³-hybridized carbons (Fsp3) is 0.250. The smallest absolute Gasteiger partial charge is 0.249 e. The van der Waals surface area contributed by atoms with E-state index in [1.165, 1.54) is 17.9 Å². The number of primary sulfonamides is 1. The van der Waals surface area contributed by atoms with Crippen molar-refractivity contribution in [1.29, 1.82) is 0 Å². The third kappa shape index (κ3) is 3.73. The van der Waals surface area contributed by atoms with E-state index in [1.54, 1.807) is 37.5 Å². The maximum absolute atomic E-state index is 14.6. The number of aromatic nitrogens is 2. The van der Waals surface area contributed by atoms with Gasteiger partial charge in [0.1, 0.15) is 5.82 Å². The topological polar surface area (TPSA) is 106 Å². The lowest BCUT2D eigenvalue weighted by Gasteiger charge is -2.18. The van der Waals surface area contributed by atoms with Crippen LogP contribution in [-0.2, 0) is 27.7 Å². The largest absolute Gasteiger partial charge is 0.291 e. The molecule has 2 aromatic heterocycles. The summed E-state index contributed by atoms with van der Waals surface area (Å²) in [5, 5.41) is 5.46. The number of hydrogen-bond acceptors (Lipinski definition) is 6. The van der Waals surface area contributed by atoms with E-state index in [2.05, 4.69) is 9.97 Å². The van der Waals surface area contributed by atoms with Crippen molar-refractivity contribution in [3.05, 3.63) is 59.2 Å². The Labute approximate surface area is 177 Å². The number of sulfonamides is 1. The van der Waals surface area contributed by atoms with Crippen LogP contribution >= 0.6 is 11.3 Å². The highest BCUT2D eigenvalue weighted by atomic mass is 32.2. The van der Waals surface area contributed by atoms with Crippen LogP contribution in [0.5, 0.6) is 0 Å². The lowest BCUT2D eigenvalue weighted by Crippen LogP contribution is -2.33.